The first-order chi connectivity index (χ1) is 6.83. The van der Waals surface area contributed by atoms with Crippen molar-refractivity contribution in [3.63, 3.8) is 0 Å². The minimum Gasteiger partial charge on any atom is -0.365 e. The average Bonchev–Trinajstić information content (AvgIpc) is 2.58. The number of aromatic nitrogens is 2. The van der Waals surface area contributed by atoms with E-state index in [2.05, 4.69) is 34.2 Å². The molecule has 2 heterocycles. The molecular formula is C10H11N3S. The Hall–Kier alpha value is -1.42. The molecule has 72 valence electrons. The highest BCUT2D eigenvalue weighted by atomic mass is 32.1. The highest BCUT2D eigenvalue weighted by Gasteiger charge is 2.06. The molecule has 0 radical (unpaired) electrons. The Morgan fingerprint density at radius 1 is 1.57 bits per heavy atom. The van der Waals surface area contributed by atoms with Gasteiger partial charge in [-0.2, -0.15) is 0 Å². The second-order valence-corrected chi connectivity index (χ2v) is 3.87. The van der Waals surface area contributed by atoms with Crippen LogP contribution in [0.25, 0.3) is 10.2 Å². The number of fused-ring (bicyclic) bond motifs is 1. The van der Waals surface area contributed by atoms with Gasteiger partial charge in [0.25, 0.3) is 0 Å². The number of nitrogens with one attached hydrogen (secondary N) is 1. The lowest BCUT2D eigenvalue weighted by Gasteiger charge is -2.02. The summed E-state index contributed by atoms with van der Waals surface area (Å²) in [5, 5.41) is 5.29. The number of rotatable bonds is 3. The first-order valence-electron chi connectivity index (χ1n) is 4.36. The smallest absolute Gasteiger partial charge is 0.147 e. The van der Waals surface area contributed by atoms with Crippen LogP contribution in [0.15, 0.2) is 24.4 Å². The Balaban J connectivity index is 2.48. The zero-order valence-electron chi connectivity index (χ0n) is 7.95. The zero-order valence-corrected chi connectivity index (χ0v) is 8.77. The van der Waals surface area contributed by atoms with Crippen LogP contribution >= 0.6 is 11.3 Å². The normalized spacial score (nSPS) is 10.4. The van der Waals surface area contributed by atoms with Gasteiger partial charge in [0.15, 0.2) is 0 Å². The number of nitrogens with zero attached hydrogens (tertiary/aromatic N) is 2. The van der Waals surface area contributed by atoms with Gasteiger partial charge in [0.2, 0.25) is 0 Å². The summed E-state index contributed by atoms with van der Waals surface area (Å²) in [7, 11) is 0. The van der Waals surface area contributed by atoms with Crippen molar-refractivity contribution in [3.8, 4) is 0 Å². The van der Waals surface area contributed by atoms with E-state index in [0.717, 1.165) is 22.6 Å². The van der Waals surface area contributed by atoms with Crippen LogP contribution < -0.4 is 5.32 Å². The lowest BCUT2D eigenvalue weighted by molar-refractivity contribution is 1.18. The summed E-state index contributed by atoms with van der Waals surface area (Å²) in [4.78, 5) is 8.44. The molecule has 0 saturated carbocycles. The van der Waals surface area contributed by atoms with Gasteiger partial charge >= 0.3 is 0 Å². The molecule has 0 amide bonds. The van der Waals surface area contributed by atoms with Crippen molar-refractivity contribution in [1.82, 2.24) is 9.97 Å². The third kappa shape index (κ3) is 1.48. The van der Waals surface area contributed by atoms with Crippen molar-refractivity contribution in [3.05, 3.63) is 29.9 Å². The van der Waals surface area contributed by atoms with Gasteiger partial charge in [-0.1, -0.05) is 6.08 Å². The minimum absolute atomic E-state index is 0.725. The Labute approximate surface area is 86.5 Å². The van der Waals surface area contributed by atoms with E-state index in [0.29, 0.717) is 0 Å². The molecule has 2 rings (SSSR count). The molecule has 2 aromatic heterocycles. The highest BCUT2D eigenvalue weighted by molar-refractivity contribution is 7.18. The maximum atomic E-state index is 4.24. The van der Waals surface area contributed by atoms with Gasteiger partial charge in [-0.15, -0.1) is 17.9 Å². The van der Waals surface area contributed by atoms with Gasteiger partial charge in [-0.25, -0.2) is 9.97 Å². The molecular weight excluding hydrogens is 194 g/mol. The molecule has 0 aromatic carbocycles. The molecule has 0 unspecified atom stereocenters. The van der Waals surface area contributed by atoms with Crippen LogP contribution in [0, 0.1) is 6.92 Å². The average molecular weight is 205 g/mol. The van der Waals surface area contributed by atoms with E-state index in [9.17, 15) is 0 Å². The standard InChI is InChI=1S/C10H11N3S/c1-3-4-11-10-9-8(12-6-13-10)7(2)5-14-9/h3,5-6H,1,4H2,2H3,(H,11,12,13). The van der Waals surface area contributed by atoms with Gasteiger partial charge in [-0.3, -0.25) is 0 Å². The van der Waals surface area contributed by atoms with Crippen molar-refractivity contribution in [2.75, 3.05) is 11.9 Å². The Morgan fingerprint density at radius 3 is 3.21 bits per heavy atom. The second-order valence-electron chi connectivity index (χ2n) is 2.99. The molecule has 1 N–H and O–H groups in total. The van der Waals surface area contributed by atoms with E-state index in [1.165, 1.54) is 5.56 Å². The van der Waals surface area contributed by atoms with E-state index in [4.69, 9.17) is 0 Å². The molecule has 3 nitrogen and oxygen atoms in total. The van der Waals surface area contributed by atoms with Crippen molar-refractivity contribution < 1.29 is 0 Å². The fraction of sp³-hybridized carbons (Fsp3) is 0.200. The predicted molar refractivity (Wildman–Crippen MR) is 60.8 cm³/mol. The quantitative estimate of drug-likeness (QED) is 0.783. The monoisotopic (exact) mass is 205 g/mol. The Bertz CT molecular complexity index is 461. The molecule has 0 aliphatic rings. The van der Waals surface area contributed by atoms with Crippen LogP contribution in [0.5, 0.6) is 0 Å². The topological polar surface area (TPSA) is 37.8 Å². The van der Waals surface area contributed by atoms with Crippen LogP contribution in [0.4, 0.5) is 5.82 Å². The van der Waals surface area contributed by atoms with Crippen molar-refractivity contribution in [2.45, 2.75) is 6.92 Å². The molecule has 0 atom stereocenters. The molecule has 0 aliphatic heterocycles. The summed E-state index contributed by atoms with van der Waals surface area (Å²) < 4.78 is 1.12. The Kier molecular flexibility index (Phi) is 2.45. The number of hydrogen-bond donors (Lipinski definition) is 1. The van der Waals surface area contributed by atoms with Crippen LogP contribution in [-0.2, 0) is 0 Å². The van der Waals surface area contributed by atoms with Gasteiger partial charge in [-0.05, 0) is 17.9 Å². The molecule has 0 saturated heterocycles. The van der Waals surface area contributed by atoms with E-state index in [-0.39, 0.29) is 0 Å². The summed E-state index contributed by atoms with van der Waals surface area (Å²) >= 11 is 1.67. The number of thiophene rings is 1. The molecule has 0 spiro atoms. The maximum absolute atomic E-state index is 4.24. The molecule has 0 aliphatic carbocycles. The Morgan fingerprint density at radius 2 is 2.43 bits per heavy atom. The first-order valence-corrected chi connectivity index (χ1v) is 5.24. The third-order valence-corrected chi connectivity index (χ3v) is 3.04. The van der Waals surface area contributed by atoms with Crippen molar-refractivity contribution in [2.24, 2.45) is 0 Å². The summed E-state index contributed by atoms with van der Waals surface area (Å²) in [5.74, 6) is 0.896. The molecule has 14 heavy (non-hydrogen) atoms. The van der Waals surface area contributed by atoms with Gasteiger partial charge in [0.05, 0.1) is 10.2 Å². The van der Waals surface area contributed by atoms with Gasteiger partial charge in [0.1, 0.15) is 12.1 Å². The van der Waals surface area contributed by atoms with E-state index >= 15 is 0 Å². The lowest BCUT2D eigenvalue weighted by atomic mass is 10.3. The summed E-state index contributed by atoms with van der Waals surface area (Å²) in [5.41, 5.74) is 2.24. The molecule has 2 aromatic rings. The lowest BCUT2D eigenvalue weighted by Crippen LogP contribution is -2.00. The summed E-state index contributed by atoms with van der Waals surface area (Å²) in [6.07, 6.45) is 3.40. The summed E-state index contributed by atoms with van der Waals surface area (Å²) in [6.45, 7) is 6.44. The number of aryl methyl sites for hydroxylation is 1. The zero-order chi connectivity index (χ0) is 9.97. The first kappa shape index (κ1) is 9.15. The fourth-order valence-electron chi connectivity index (χ4n) is 1.26. The largest absolute Gasteiger partial charge is 0.365 e. The van der Waals surface area contributed by atoms with E-state index < -0.39 is 0 Å². The number of hydrogen-bond acceptors (Lipinski definition) is 4. The number of anilines is 1. The molecule has 4 heteroatoms. The molecule has 0 fully saturated rings. The second kappa shape index (κ2) is 3.75. The maximum Gasteiger partial charge on any atom is 0.147 e. The van der Waals surface area contributed by atoms with Crippen LogP contribution in [-0.4, -0.2) is 16.5 Å². The van der Waals surface area contributed by atoms with Crippen LogP contribution in [0.3, 0.4) is 0 Å². The van der Waals surface area contributed by atoms with Gasteiger partial charge in [0, 0.05) is 6.54 Å². The van der Waals surface area contributed by atoms with E-state index in [1.54, 1.807) is 17.7 Å². The van der Waals surface area contributed by atoms with Crippen LogP contribution in [0.2, 0.25) is 0 Å². The van der Waals surface area contributed by atoms with Crippen molar-refractivity contribution in [1.29, 1.82) is 0 Å². The van der Waals surface area contributed by atoms with Crippen molar-refractivity contribution >= 4 is 27.4 Å². The predicted octanol–water partition coefficient (Wildman–Crippen LogP) is 2.60. The minimum atomic E-state index is 0.725. The highest BCUT2D eigenvalue weighted by Crippen LogP contribution is 2.28. The molecule has 0 bridgehead atoms. The third-order valence-electron chi connectivity index (χ3n) is 1.94. The fourth-order valence-corrected chi connectivity index (χ4v) is 2.23. The van der Waals surface area contributed by atoms with Gasteiger partial charge < -0.3 is 5.32 Å². The summed E-state index contributed by atoms with van der Waals surface area (Å²) in [6, 6.07) is 0. The van der Waals surface area contributed by atoms with E-state index in [1.807, 2.05) is 6.08 Å². The van der Waals surface area contributed by atoms with Crippen LogP contribution in [0.1, 0.15) is 5.56 Å². The SMILES string of the molecule is C=CCNc1ncnc2c(C)csc12.